The molecule has 0 saturated carbocycles. The van der Waals surface area contributed by atoms with Crippen LogP contribution in [-0.2, 0) is 9.47 Å². The summed E-state index contributed by atoms with van der Waals surface area (Å²) < 4.78 is 10.2. The molecule has 1 aliphatic rings. The van der Waals surface area contributed by atoms with Crippen LogP contribution in [0.25, 0.3) is 0 Å². The average Bonchev–Trinajstić information content (AvgIpc) is 2.14. The normalized spacial score (nSPS) is 24.2. The van der Waals surface area contributed by atoms with E-state index in [-0.39, 0.29) is 6.29 Å². The van der Waals surface area contributed by atoms with Gasteiger partial charge in [0.25, 0.3) is 6.29 Å². The zero-order valence-corrected chi connectivity index (χ0v) is 5.68. The van der Waals surface area contributed by atoms with Gasteiger partial charge in [0.2, 0.25) is 0 Å². The molecule has 1 heterocycles. The minimum Gasteiger partial charge on any atom is -0.455 e. The van der Waals surface area contributed by atoms with Crippen LogP contribution in [0.4, 0.5) is 0 Å². The van der Waals surface area contributed by atoms with Crippen molar-refractivity contribution in [3.8, 4) is 0 Å². The van der Waals surface area contributed by atoms with E-state index in [4.69, 9.17) is 9.47 Å². The van der Waals surface area contributed by atoms with Crippen molar-refractivity contribution in [1.29, 1.82) is 0 Å². The van der Waals surface area contributed by atoms with Gasteiger partial charge < -0.3 is 9.47 Å². The first-order chi connectivity index (χ1) is 4.20. The van der Waals surface area contributed by atoms with Crippen LogP contribution in [0.2, 0.25) is 0 Å². The van der Waals surface area contributed by atoms with Crippen molar-refractivity contribution in [2.45, 2.75) is 20.1 Å². The quantitative estimate of drug-likeness (QED) is 0.499. The first-order valence-corrected chi connectivity index (χ1v) is 2.84. The lowest BCUT2D eigenvalue weighted by Crippen LogP contribution is -2.07. The molecule has 0 aromatic carbocycles. The van der Waals surface area contributed by atoms with Crippen LogP contribution in [0, 0.1) is 0 Å². The van der Waals surface area contributed by atoms with E-state index in [1.165, 1.54) is 0 Å². The number of ether oxygens (including phenoxy) is 2. The van der Waals surface area contributed by atoms with Crippen molar-refractivity contribution in [3.63, 3.8) is 0 Å². The summed E-state index contributed by atoms with van der Waals surface area (Å²) in [5.74, 6) is 0.808. The van der Waals surface area contributed by atoms with Gasteiger partial charge in [0.15, 0.2) is 0 Å². The molecule has 1 rings (SSSR count). The highest BCUT2D eigenvalue weighted by molar-refractivity contribution is 5.01. The summed E-state index contributed by atoms with van der Waals surface area (Å²) in [6, 6.07) is 0. The van der Waals surface area contributed by atoms with Crippen LogP contribution in [0.15, 0.2) is 24.2 Å². The lowest BCUT2D eigenvalue weighted by Gasteiger charge is -2.08. The molecule has 0 amide bonds. The summed E-state index contributed by atoms with van der Waals surface area (Å²) in [5.41, 5.74) is 0.892. The molecule has 0 spiro atoms. The molecule has 0 aliphatic carbocycles. The van der Waals surface area contributed by atoms with Crippen LogP contribution in [0.3, 0.4) is 0 Å². The number of rotatable bonds is 1. The maximum atomic E-state index is 5.16. The van der Waals surface area contributed by atoms with Gasteiger partial charge in [-0.2, -0.15) is 0 Å². The fourth-order valence-corrected chi connectivity index (χ4v) is 0.599. The zero-order valence-electron chi connectivity index (χ0n) is 5.68. The number of hydrogen-bond donors (Lipinski definition) is 0. The molecule has 2 nitrogen and oxygen atoms in total. The standard InChI is InChI=1S/C7H10O2/c1-5(2)7-8-4-6(3)9-7/h4,7H,1H2,2-3H3. The fraction of sp³-hybridized carbons (Fsp3) is 0.429. The Morgan fingerprint density at radius 2 is 2.44 bits per heavy atom. The Balaban J connectivity index is 2.47. The highest BCUT2D eigenvalue weighted by atomic mass is 16.7. The van der Waals surface area contributed by atoms with Gasteiger partial charge in [0, 0.05) is 0 Å². The maximum absolute atomic E-state index is 5.16. The van der Waals surface area contributed by atoms with E-state index in [0.29, 0.717) is 0 Å². The minimum atomic E-state index is -0.245. The Morgan fingerprint density at radius 3 is 2.67 bits per heavy atom. The lowest BCUT2D eigenvalue weighted by atomic mass is 10.3. The Labute approximate surface area is 54.8 Å². The van der Waals surface area contributed by atoms with Crippen LogP contribution in [0.1, 0.15) is 13.8 Å². The molecule has 0 bridgehead atoms. The summed E-state index contributed by atoms with van der Waals surface area (Å²) in [5, 5.41) is 0. The van der Waals surface area contributed by atoms with E-state index in [1.807, 2.05) is 13.8 Å². The van der Waals surface area contributed by atoms with Crippen LogP contribution in [0.5, 0.6) is 0 Å². The fourth-order valence-electron chi connectivity index (χ4n) is 0.599. The summed E-state index contributed by atoms with van der Waals surface area (Å²) in [6.45, 7) is 7.41. The molecule has 0 fully saturated rings. The minimum absolute atomic E-state index is 0.245. The van der Waals surface area contributed by atoms with Gasteiger partial charge in [0.05, 0.1) is 0 Å². The third kappa shape index (κ3) is 1.25. The Morgan fingerprint density at radius 1 is 1.78 bits per heavy atom. The second kappa shape index (κ2) is 2.13. The third-order valence-electron chi connectivity index (χ3n) is 1.05. The summed E-state index contributed by atoms with van der Waals surface area (Å²) >= 11 is 0. The molecule has 0 aromatic rings. The van der Waals surface area contributed by atoms with Gasteiger partial charge in [-0.05, 0) is 19.4 Å². The Hall–Kier alpha value is -0.920. The van der Waals surface area contributed by atoms with E-state index >= 15 is 0 Å². The predicted octanol–water partition coefficient (Wildman–Crippen LogP) is 1.80. The molecule has 0 radical (unpaired) electrons. The van der Waals surface area contributed by atoms with Crippen molar-refractivity contribution in [2.75, 3.05) is 0 Å². The highest BCUT2D eigenvalue weighted by Gasteiger charge is 2.15. The van der Waals surface area contributed by atoms with Crippen LogP contribution in [-0.4, -0.2) is 6.29 Å². The molecule has 0 aromatic heterocycles. The number of hydrogen-bond acceptors (Lipinski definition) is 2. The monoisotopic (exact) mass is 126 g/mol. The summed E-state index contributed by atoms with van der Waals surface area (Å²) in [6.07, 6.45) is 1.35. The van der Waals surface area contributed by atoms with Gasteiger partial charge in [0.1, 0.15) is 12.0 Å². The third-order valence-corrected chi connectivity index (χ3v) is 1.05. The molecule has 0 saturated heterocycles. The van der Waals surface area contributed by atoms with Gasteiger partial charge in [-0.15, -0.1) is 0 Å². The Bertz CT molecular complexity index is 158. The van der Waals surface area contributed by atoms with Crippen molar-refractivity contribution in [2.24, 2.45) is 0 Å². The highest BCUT2D eigenvalue weighted by Crippen LogP contribution is 2.17. The summed E-state index contributed by atoms with van der Waals surface area (Å²) in [7, 11) is 0. The topological polar surface area (TPSA) is 18.5 Å². The average molecular weight is 126 g/mol. The molecule has 1 atom stereocenters. The lowest BCUT2D eigenvalue weighted by molar-refractivity contribution is 0.000594. The molecule has 2 heteroatoms. The molecular weight excluding hydrogens is 116 g/mol. The molecule has 1 unspecified atom stereocenters. The molecule has 1 aliphatic heterocycles. The summed E-state index contributed by atoms with van der Waals surface area (Å²) in [4.78, 5) is 0. The van der Waals surface area contributed by atoms with Gasteiger partial charge >= 0.3 is 0 Å². The van der Waals surface area contributed by atoms with E-state index in [2.05, 4.69) is 6.58 Å². The van der Waals surface area contributed by atoms with Gasteiger partial charge in [-0.1, -0.05) is 6.58 Å². The predicted molar refractivity (Wildman–Crippen MR) is 34.5 cm³/mol. The van der Waals surface area contributed by atoms with E-state index < -0.39 is 0 Å². The molecular formula is C7H10O2. The molecule has 0 N–H and O–H groups in total. The van der Waals surface area contributed by atoms with Crippen LogP contribution >= 0.6 is 0 Å². The van der Waals surface area contributed by atoms with E-state index in [9.17, 15) is 0 Å². The molecule has 50 valence electrons. The smallest absolute Gasteiger partial charge is 0.262 e. The van der Waals surface area contributed by atoms with Crippen molar-refractivity contribution >= 4 is 0 Å². The number of allylic oxidation sites excluding steroid dienone is 1. The Kier molecular flexibility index (Phi) is 1.47. The van der Waals surface area contributed by atoms with Crippen molar-refractivity contribution in [3.05, 3.63) is 24.2 Å². The largest absolute Gasteiger partial charge is 0.455 e. The van der Waals surface area contributed by atoms with Crippen molar-refractivity contribution < 1.29 is 9.47 Å². The second-order valence-corrected chi connectivity index (χ2v) is 2.16. The zero-order chi connectivity index (χ0) is 6.85. The van der Waals surface area contributed by atoms with Gasteiger partial charge in [-0.25, -0.2) is 0 Å². The molecule has 9 heavy (non-hydrogen) atoms. The van der Waals surface area contributed by atoms with E-state index in [1.54, 1.807) is 6.26 Å². The van der Waals surface area contributed by atoms with Crippen LogP contribution < -0.4 is 0 Å². The SMILES string of the molecule is C=C(C)C1OC=C(C)O1. The maximum Gasteiger partial charge on any atom is 0.262 e. The second-order valence-electron chi connectivity index (χ2n) is 2.16. The first-order valence-electron chi connectivity index (χ1n) is 2.84. The van der Waals surface area contributed by atoms with E-state index in [0.717, 1.165) is 11.3 Å². The first kappa shape index (κ1) is 6.20. The van der Waals surface area contributed by atoms with Gasteiger partial charge in [-0.3, -0.25) is 0 Å². The van der Waals surface area contributed by atoms with Crippen molar-refractivity contribution in [1.82, 2.24) is 0 Å².